The maximum absolute atomic E-state index is 5.18. The fourth-order valence-electron chi connectivity index (χ4n) is 2.49. The van der Waals surface area contributed by atoms with Crippen LogP contribution < -0.4 is 4.74 Å². The molecule has 0 saturated carbocycles. The van der Waals surface area contributed by atoms with Gasteiger partial charge in [-0.05, 0) is 55.5 Å². The highest BCUT2D eigenvalue weighted by atomic mass is 16.5. The second-order valence-corrected chi connectivity index (χ2v) is 5.69. The third-order valence-corrected chi connectivity index (χ3v) is 3.88. The number of benzene rings is 3. The largest absolute Gasteiger partial charge is 0.497 e. The number of hydrogen-bond donors (Lipinski definition) is 0. The van der Waals surface area contributed by atoms with Gasteiger partial charge in [-0.15, -0.1) is 5.92 Å². The van der Waals surface area contributed by atoms with E-state index in [-0.39, 0.29) is 0 Å². The number of rotatable bonds is 1. The van der Waals surface area contributed by atoms with E-state index in [1.54, 1.807) is 7.11 Å². The Morgan fingerprint density at radius 2 is 1.00 bits per heavy atom. The van der Waals surface area contributed by atoms with Crippen molar-refractivity contribution in [2.24, 2.45) is 0 Å². The predicted molar refractivity (Wildman–Crippen MR) is 110 cm³/mol. The molecule has 128 valence electrons. The SMILES string of the molecule is CC#Cc1ccccc1C#Cc1ccccc1C#Cc1ccc(OC)cc1. The van der Waals surface area contributed by atoms with Crippen LogP contribution in [0.25, 0.3) is 0 Å². The monoisotopic (exact) mass is 346 g/mol. The van der Waals surface area contributed by atoms with Crippen molar-refractivity contribution < 1.29 is 4.74 Å². The first kappa shape index (κ1) is 17.9. The topological polar surface area (TPSA) is 9.23 Å². The highest BCUT2D eigenvalue weighted by Crippen LogP contribution is 2.12. The maximum atomic E-state index is 5.18. The average molecular weight is 346 g/mol. The molecule has 27 heavy (non-hydrogen) atoms. The van der Waals surface area contributed by atoms with Crippen LogP contribution in [-0.4, -0.2) is 7.11 Å². The van der Waals surface area contributed by atoms with Gasteiger partial charge < -0.3 is 4.74 Å². The van der Waals surface area contributed by atoms with Crippen LogP contribution in [-0.2, 0) is 0 Å². The smallest absolute Gasteiger partial charge is 0.118 e. The molecular weight excluding hydrogens is 328 g/mol. The molecule has 0 atom stereocenters. The van der Waals surface area contributed by atoms with E-state index < -0.39 is 0 Å². The summed E-state index contributed by atoms with van der Waals surface area (Å²) in [5.74, 6) is 19.7. The molecule has 3 rings (SSSR count). The quantitative estimate of drug-likeness (QED) is 0.572. The summed E-state index contributed by atoms with van der Waals surface area (Å²) in [6.07, 6.45) is 0. The molecule has 0 aliphatic rings. The lowest BCUT2D eigenvalue weighted by molar-refractivity contribution is 0.415. The molecule has 0 aromatic heterocycles. The average Bonchev–Trinajstić information content (AvgIpc) is 2.73. The molecule has 0 N–H and O–H groups in total. The van der Waals surface area contributed by atoms with Gasteiger partial charge in [-0.1, -0.05) is 53.9 Å². The van der Waals surface area contributed by atoms with Crippen LogP contribution >= 0.6 is 0 Å². The van der Waals surface area contributed by atoms with E-state index in [2.05, 4.69) is 35.5 Å². The van der Waals surface area contributed by atoms with Gasteiger partial charge in [0.25, 0.3) is 0 Å². The summed E-state index contributed by atoms with van der Waals surface area (Å²) in [6, 6.07) is 23.5. The third-order valence-electron chi connectivity index (χ3n) is 3.88. The molecular formula is C26H18O. The van der Waals surface area contributed by atoms with Crippen molar-refractivity contribution in [2.75, 3.05) is 7.11 Å². The summed E-state index contributed by atoms with van der Waals surface area (Å²) in [5.41, 5.74) is 4.60. The van der Waals surface area contributed by atoms with E-state index in [0.29, 0.717) is 0 Å². The normalized spacial score (nSPS) is 8.96. The van der Waals surface area contributed by atoms with E-state index in [1.807, 2.05) is 79.7 Å². The molecule has 0 bridgehead atoms. The van der Waals surface area contributed by atoms with Crippen molar-refractivity contribution in [3.05, 3.63) is 101 Å². The molecule has 0 saturated heterocycles. The van der Waals surface area contributed by atoms with Crippen molar-refractivity contribution in [1.29, 1.82) is 0 Å². The van der Waals surface area contributed by atoms with Gasteiger partial charge in [0, 0.05) is 27.8 Å². The maximum Gasteiger partial charge on any atom is 0.118 e. The summed E-state index contributed by atoms with van der Waals surface area (Å²) in [6.45, 7) is 1.83. The van der Waals surface area contributed by atoms with Gasteiger partial charge >= 0.3 is 0 Å². The van der Waals surface area contributed by atoms with Crippen molar-refractivity contribution in [3.8, 4) is 41.3 Å². The van der Waals surface area contributed by atoms with Gasteiger partial charge in [0.15, 0.2) is 0 Å². The highest BCUT2D eigenvalue weighted by molar-refractivity contribution is 5.57. The Morgan fingerprint density at radius 3 is 1.44 bits per heavy atom. The Balaban J connectivity index is 1.92. The summed E-state index contributed by atoms with van der Waals surface area (Å²) >= 11 is 0. The summed E-state index contributed by atoms with van der Waals surface area (Å²) < 4.78 is 5.18. The van der Waals surface area contributed by atoms with Crippen LogP contribution in [0.5, 0.6) is 5.75 Å². The number of methoxy groups -OCH3 is 1. The van der Waals surface area contributed by atoms with E-state index in [1.165, 1.54) is 0 Å². The molecule has 3 aromatic rings. The Kier molecular flexibility index (Phi) is 5.99. The molecule has 0 amide bonds. The van der Waals surface area contributed by atoms with Gasteiger partial charge in [-0.2, -0.15) is 0 Å². The molecule has 3 aromatic carbocycles. The predicted octanol–water partition coefficient (Wildman–Crippen LogP) is 4.87. The zero-order chi connectivity index (χ0) is 18.9. The Morgan fingerprint density at radius 1 is 0.556 bits per heavy atom. The van der Waals surface area contributed by atoms with E-state index in [9.17, 15) is 0 Å². The van der Waals surface area contributed by atoms with Gasteiger partial charge in [-0.3, -0.25) is 0 Å². The minimum atomic E-state index is 0.820. The minimum Gasteiger partial charge on any atom is -0.497 e. The molecule has 0 unspecified atom stereocenters. The first-order valence-corrected chi connectivity index (χ1v) is 8.59. The second-order valence-electron chi connectivity index (χ2n) is 5.69. The lowest BCUT2D eigenvalue weighted by atomic mass is 10.1. The van der Waals surface area contributed by atoms with Gasteiger partial charge in [0.05, 0.1) is 7.11 Å². The van der Waals surface area contributed by atoms with Crippen molar-refractivity contribution in [1.82, 2.24) is 0 Å². The van der Waals surface area contributed by atoms with Crippen molar-refractivity contribution in [3.63, 3.8) is 0 Å². The highest BCUT2D eigenvalue weighted by Gasteiger charge is 1.97. The summed E-state index contributed by atoms with van der Waals surface area (Å²) in [4.78, 5) is 0. The van der Waals surface area contributed by atoms with Crippen LogP contribution in [0.3, 0.4) is 0 Å². The van der Waals surface area contributed by atoms with Crippen molar-refractivity contribution in [2.45, 2.75) is 6.92 Å². The molecule has 0 fully saturated rings. The second kappa shape index (κ2) is 9.01. The fraction of sp³-hybridized carbons (Fsp3) is 0.0769. The molecule has 0 aliphatic heterocycles. The van der Waals surface area contributed by atoms with E-state index in [0.717, 1.165) is 33.6 Å². The van der Waals surface area contributed by atoms with E-state index in [4.69, 9.17) is 4.74 Å². The zero-order valence-corrected chi connectivity index (χ0v) is 15.3. The van der Waals surface area contributed by atoms with Crippen LogP contribution in [0, 0.1) is 35.5 Å². The van der Waals surface area contributed by atoms with Crippen LogP contribution in [0.4, 0.5) is 0 Å². The van der Waals surface area contributed by atoms with Gasteiger partial charge in [0.2, 0.25) is 0 Å². The van der Waals surface area contributed by atoms with Crippen LogP contribution in [0.1, 0.15) is 34.7 Å². The summed E-state index contributed by atoms with van der Waals surface area (Å²) in [7, 11) is 1.65. The minimum absolute atomic E-state index is 0.820. The molecule has 1 nitrogen and oxygen atoms in total. The Bertz CT molecular complexity index is 1120. The standard InChI is InChI=1S/C26H18O/c1-3-8-22-9-4-5-11-24(22)17-18-25-12-7-6-10-23(25)16-13-21-14-19-26(27-2)20-15-21/h4-7,9-12,14-15,19-20H,1-2H3. The summed E-state index contributed by atoms with van der Waals surface area (Å²) in [5, 5.41) is 0. The zero-order valence-electron chi connectivity index (χ0n) is 15.3. The first-order chi connectivity index (χ1) is 13.3. The molecule has 0 heterocycles. The fourth-order valence-corrected chi connectivity index (χ4v) is 2.49. The third kappa shape index (κ3) is 4.83. The molecule has 0 spiro atoms. The Hall–Kier alpha value is -3.86. The molecule has 1 heteroatoms. The number of hydrogen-bond acceptors (Lipinski definition) is 1. The lowest BCUT2D eigenvalue weighted by Crippen LogP contribution is -1.86. The van der Waals surface area contributed by atoms with Gasteiger partial charge in [-0.25, -0.2) is 0 Å². The van der Waals surface area contributed by atoms with E-state index >= 15 is 0 Å². The molecule has 0 radical (unpaired) electrons. The van der Waals surface area contributed by atoms with Crippen LogP contribution in [0.2, 0.25) is 0 Å². The molecule has 0 aliphatic carbocycles. The van der Waals surface area contributed by atoms with Gasteiger partial charge in [0.1, 0.15) is 5.75 Å². The van der Waals surface area contributed by atoms with Crippen molar-refractivity contribution >= 4 is 0 Å². The first-order valence-electron chi connectivity index (χ1n) is 8.59. The van der Waals surface area contributed by atoms with Crippen LogP contribution in [0.15, 0.2) is 72.8 Å². The number of ether oxygens (including phenoxy) is 1. The lowest BCUT2D eigenvalue weighted by Gasteiger charge is -1.98. The Labute approximate surface area is 161 Å².